The van der Waals surface area contributed by atoms with Gasteiger partial charge >= 0.3 is 0 Å². The fourth-order valence-corrected chi connectivity index (χ4v) is 1.79. The molecule has 0 aliphatic carbocycles. The van der Waals surface area contributed by atoms with Crippen LogP contribution >= 0.6 is 0 Å². The first-order valence-electron chi connectivity index (χ1n) is 5.89. The molecule has 0 saturated carbocycles. The zero-order valence-electron chi connectivity index (χ0n) is 10.7. The van der Waals surface area contributed by atoms with Gasteiger partial charge < -0.3 is 5.32 Å². The number of hydrogen-bond donors (Lipinski definition) is 1. The van der Waals surface area contributed by atoms with Gasteiger partial charge in [-0.3, -0.25) is 20.2 Å². The van der Waals surface area contributed by atoms with Gasteiger partial charge in [-0.2, -0.15) is 0 Å². The molecule has 0 heterocycles. The van der Waals surface area contributed by atoms with Gasteiger partial charge in [-0.15, -0.1) is 0 Å². The molecule has 0 fully saturated rings. The van der Waals surface area contributed by atoms with Crippen LogP contribution in [0.25, 0.3) is 0 Å². The van der Waals surface area contributed by atoms with E-state index in [1.807, 2.05) is 0 Å². The number of nitro benzene ring substituents is 2. The van der Waals surface area contributed by atoms with Crippen LogP contribution in [0.5, 0.6) is 0 Å². The molecule has 2 aromatic carbocycles. The SMILES string of the molecule is O=[N+]([O-])c1ccc(NCc2ccccc2[N+](=O)[O-])c(F)c1. The Balaban J connectivity index is 2.17. The molecule has 1 N–H and O–H groups in total. The first-order chi connectivity index (χ1) is 9.99. The third-order valence-corrected chi connectivity index (χ3v) is 2.82. The molecule has 7 nitrogen and oxygen atoms in total. The number of benzene rings is 2. The minimum Gasteiger partial charge on any atom is -0.378 e. The van der Waals surface area contributed by atoms with E-state index < -0.39 is 15.7 Å². The summed E-state index contributed by atoms with van der Waals surface area (Å²) < 4.78 is 13.7. The van der Waals surface area contributed by atoms with Crippen LogP contribution in [-0.2, 0) is 6.54 Å². The molecule has 108 valence electrons. The molecular formula is C13H10FN3O4. The van der Waals surface area contributed by atoms with Gasteiger partial charge in [0.2, 0.25) is 0 Å². The Bertz CT molecular complexity index is 706. The Labute approximate surface area is 118 Å². The number of nitrogens with zero attached hydrogens (tertiary/aromatic N) is 2. The summed E-state index contributed by atoms with van der Waals surface area (Å²) in [5, 5.41) is 24.0. The first-order valence-corrected chi connectivity index (χ1v) is 5.89. The lowest BCUT2D eigenvalue weighted by atomic mass is 10.1. The maximum atomic E-state index is 13.7. The molecule has 8 heteroatoms. The number of nitrogens with one attached hydrogen (secondary N) is 1. The van der Waals surface area contributed by atoms with Crippen LogP contribution in [0, 0.1) is 26.0 Å². The van der Waals surface area contributed by atoms with Crippen LogP contribution in [0.15, 0.2) is 42.5 Å². The Hall–Kier alpha value is -3.03. The second-order valence-corrected chi connectivity index (χ2v) is 4.16. The summed E-state index contributed by atoms with van der Waals surface area (Å²) in [6.07, 6.45) is 0. The normalized spacial score (nSPS) is 10.1. The zero-order chi connectivity index (χ0) is 15.4. The molecule has 0 aliphatic heterocycles. The highest BCUT2D eigenvalue weighted by Crippen LogP contribution is 2.23. The van der Waals surface area contributed by atoms with E-state index in [9.17, 15) is 24.6 Å². The van der Waals surface area contributed by atoms with Crippen LogP contribution in [0.3, 0.4) is 0 Å². The molecule has 0 unspecified atom stereocenters. The van der Waals surface area contributed by atoms with E-state index in [-0.39, 0.29) is 23.6 Å². The highest BCUT2D eigenvalue weighted by Gasteiger charge is 2.14. The van der Waals surface area contributed by atoms with Gasteiger partial charge in [0, 0.05) is 24.2 Å². The third kappa shape index (κ3) is 3.30. The molecule has 0 radical (unpaired) electrons. The van der Waals surface area contributed by atoms with Crippen LogP contribution in [0.1, 0.15) is 5.56 Å². The molecule has 0 aromatic heterocycles. The molecule has 0 bridgehead atoms. The second-order valence-electron chi connectivity index (χ2n) is 4.16. The summed E-state index contributed by atoms with van der Waals surface area (Å²) >= 11 is 0. The molecule has 21 heavy (non-hydrogen) atoms. The zero-order valence-corrected chi connectivity index (χ0v) is 10.7. The predicted octanol–water partition coefficient (Wildman–Crippen LogP) is 3.25. The lowest BCUT2D eigenvalue weighted by Gasteiger charge is -2.08. The molecular weight excluding hydrogens is 281 g/mol. The fourth-order valence-electron chi connectivity index (χ4n) is 1.79. The molecule has 2 aromatic rings. The van der Waals surface area contributed by atoms with Crippen molar-refractivity contribution in [2.75, 3.05) is 5.32 Å². The monoisotopic (exact) mass is 291 g/mol. The van der Waals surface area contributed by atoms with E-state index in [1.165, 1.54) is 18.2 Å². The first kappa shape index (κ1) is 14.4. The summed E-state index contributed by atoms with van der Waals surface area (Å²) in [7, 11) is 0. The van der Waals surface area contributed by atoms with Gasteiger partial charge in [0.1, 0.15) is 0 Å². The lowest BCUT2D eigenvalue weighted by molar-refractivity contribution is -0.385. The van der Waals surface area contributed by atoms with E-state index in [0.717, 1.165) is 12.1 Å². The van der Waals surface area contributed by atoms with E-state index in [2.05, 4.69) is 5.32 Å². The summed E-state index contributed by atoms with van der Waals surface area (Å²) in [4.78, 5) is 20.1. The Kier molecular flexibility index (Phi) is 4.07. The maximum Gasteiger partial charge on any atom is 0.274 e. The molecule has 0 atom stereocenters. The van der Waals surface area contributed by atoms with Crippen LogP contribution < -0.4 is 5.32 Å². The van der Waals surface area contributed by atoms with E-state index in [4.69, 9.17) is 0 Å². The van der Waals surface area contributed by atoms with Gasteiger partial charge in [-0.25, -0.2) is 4.39 Å². The largest absolute Gasteiger partial charge is 0.378 e. The van der Waals surface area contributed by atoms with Crippen molar-refractivity contribution >= 4 is 17.1 Å². The summed E-state index contributed by atoms with van der Waals surface area (Å²) in [6, 6.07) is 9.25. The van der Waals surface area contributed by atoms with Crippen molar-refractivity contribution in [2.24, 2.45) is 0 Å². The van der Waals surface area contributed by atoms with Crippen molar-refractivity contribution in [1.29, 1.82) is 0 Å². The van der Waals surface area contributed by atoms with Crippen molar-refractivity contribution in [1.82, 2.24) is 0 Å². The average Bonchev–Trinajstić information content (AvgIpc) is 2.46. The van der Waals surface area contributed by atoms with Gasteiger partial charge in [0.05, 0.1) is 21.6 Å². The van der Waals surface area contributed by atoms with Crippen LogP contribution in [-0.4, -0.2) is 9.85 Å². The molecule has 0 spiro atoms. The number of nitro groups is 2. The minimum absolute atomic E-state index is 0.0336. The maximum absolute atomic E-state index is 13.7. The summed E-state index contributed by atoms with van der Waals surface area (Å²) in [6.45, 7) is 0.0336. The number of anilines is 1. The molecule has 2 rings (SSSR count). The second kappa shape index (κ2) is 5.95. The van der Waals surface area contributed by atoms with Crippen molar-refractivity contribution in [3.63, 3.8) is 0 Å². The van der Waals surface area contributed by atoms with Gasteiger partial charge in [0.25, 0.3) is 11.4 Å². The number of non-ortho nitro benzene ring substituents is 1. The van der Waals surface area contributed by atoms with Crippen molar-refractivity contribution in [3.05, 3.63) is 74.1 Å². The molecule has 0 aliphatic rings. The van der Waals surface area contributed by atoms with Crippen LogP contribution in [0.2, 0.25) is 0 Å². The number of hydrogen-bond acceptors (Lipinski definition) is 5. The molecule has 0 amide bonds. The smallest absolute Gasteiger partial charge is 0.274 e. The Morgan fingerprint density at radius 1 is 1.05 bits per heavy atom. The number of rotatable bonds is 5. The third-order valence-electron chi connectivity index (χ3n) is 2.82. The van der Waals surface area contributed by atoms with E-state index in [1.54, 1.807) is 12.1 Å². The lowest BCUT2D eigenvalue weighted by Crippen LogP contribution is -2.04. The Morgan fingerprint density at radius 3 is 2.38 bits per heavy atom. The predicted molar refractivity (Wildman–Crippen MR) is 73.5 cm³/mol. The fraction of sp³-hybridized carbons (Fsp3) is 0.0769. The number of para-hydroxylation sites is 1. The summed E-state index contributed by atoms with van der Waals surface area (Å²) in [5.41, 5.74) is -0.00457. The highest BCUT2D eigenvalue weighted by atomic mass is 19.1. The standard InChI is InChI=1S/C13H10FN3O4/c14-11-7-10(16(18)19)5-6-12(11)15-8-9-3-1-2-4-13(9)17(20)21/h1-7,15H,8H2. The van der Waals surface area contributed by atoms with E-state index >= 15 is 0 Å². The average molecular weight is 291 g/mol. The highest BCUT2D eigenvalue weighted by molar-refractivity contribution is 5.51. The number of halogens is 1. The molecule has 0 saturated heterocycles. The topological polar surface area (TPSA) is 98.3 Å². The van der Waals surface area contributed by atoms with Crippen molar-refractivity contribution in [2.45, 2.75) is 6.54 Å². The summed E-state index contributed by atoms with van der Waals surface area (Å²) in [5.74, 6) is -0.789. The quantitative estimate of drug-likeness (QED) is 0.673. The van der Waals surface area contributed by atoms with Crippen molar-refractivity contribution in [3.8, 4) is 0 Å². The van der Waals surface area contributed by atoms with E-state index in [0.29, 0.717) is 5.56 Å². The van der Waals surface area contributed by atoms with Crippen molar-refractivity contribution < 1.29 is 14.2 Å². The Morgan fingerprint density at radius 2 is 1.76 bits per heavy atom. The van der Waals surface area contributed by atoms with Gasteiger partial charge in [-0.1, -0.05) is 18.2 Å². The van der Waals surface area contributed by atoms with Gasteiger partial charge in [0.15, 0.2) is 5.82 Å². The van der Waals surface area contributed by atoms with Gasteiger partial charge in [-0.05, 0) is 6.07 Å². The van der Waals surface area contributed by atoms with Crippen LogP contribution in [0.4, 0.5) is 21.5 Å². The minimum atomic E-state index is -0.789.